The van der Waals surface area contributed by atoms with Gasteiger partial charge in [0.1, 0.15) is 5.69 Å². The summed E-state index contributed by atoms with van der Waals surface area (Å²) >= 11 is 0. The van der Waals surface area contributed by atoms with Gasteiger partial charge in [0.15, 0.2) is 5.76 Å². The lowest BCUT2D eigenvalue weighted by atomic mass is 9.78. The van der Waals surface area contributed by atoms with E-state index in [4.69, 9.17) is 19.5 Å². The summed E-state index contributed by atoms with van der Waals surface area (Å²) < 4.78 is 17.5. The highest BCUT2D eigenvalue weighted by Crippen LogP contribution is 2.37. The molecule has 1 aliphatic rings. The predicted octanol–water partition coefficient (Wildman–Crippen LogP) is 1.62. The van der Waals surface area contributed by atoms with E-state index in [1.807, 2.05) is 33.8 Å². The third kappa shape index (κ3) is 2.32. The van der Waals surface area contributed by atoms with Crippen molar-refractivity contribution in [3.05, 3.63) is 24.6 Å². The molecule has 21 heavy (non-hydrogen) atoms. The van der Waals surface area contributed by atoms with Crippen molar-refractivity contribution < 1.29 is 13.7 Å². The summed E-state index contributed by atoms with van der Waals surface area (Å²) in [5, 5.41) is 0. The van der Waals surface area contributed by atoms with Crippen LogP contribution in [0.5, 0.6) is 0 Å². The lowest BCUT2D eigenvalue weighted by molar-refractivity contribution is 0.00578. The van der Waals surface area contributed by atoms with Gasteiger partial charge in [-0.15, -0.1) is 0 Å². The van der Waals surface area contributed by atoms with Gasteiger partial charge in [-0.1, -0.05) is 0 Å². The maximum Gasteiger partial charge on any atom is 0.498 e. The summed E-state index contributed by atoms with van der Waals surface area (Å²) in [6.45, 7) is 7.99. The van der Waals surface area contributed by atoms with Crippen LogP contribution in [0.1, 0.15) is 27.7 Å². The molecule has 3 rings (SSSR count). The van der Waals surface area contributed by atoms with E-state index >= 15 is 0 Å². The van der Waals surface area contributed by atoms with Crippen molar-refractivity contribution >= 4 is 18.5 Å². The minimum Gasteiger partial charge on any atom is -0.463 e. The fourth-order valence-electron chi connectivity index (χ4n) is 2.16. The molecule has 0 atom stereocenters. The maximum absolute atomic E-state index is 6.04. The molecule has 2 N–H and O–H groups in total. The fourth-order valence-corrected chi connectivity index (χ4v) is 2.16. The first-order chi connectivity index (χ1) is 9.80. The van der Waals surface area contributed by atoms with E-state index in [1.54, 1.807) is 18.5 Å². The van der Waals surface area contributed by atoms with Gasteiger partial charge in [0.2, 0.25) is 5.95 Å². The Balaban J connectivity index is 2.05. The lowest BCUT2D eigenvalue weighted by Crippen LogP contribution is -2.41. The third-order valence-corrected chi connectivity index (χ3v) is 4.10. The Bertz CT molecular complexity index is 639. The van der Waals surface area contributed by atoms with Crippen LogP contribution in [-0.2, 0) is 9.31 Å². The standard InChI is InChI=1S/C14H18BN3O3/c1-13(2)14(3,4)21-15(20-13)9-8-17-12(16)18-11(9)10-6-5-7-19-10/h5-8H,1-4H3,(H2,16,17,18). The Hall–Kier alpha value is -1.86. The van der Waals surface area contributed by atoms with Gasteiger partial charge in [-0.25, -0.2) is 9.97 Å². The van der Waals surface area contributed by atoms with Crippen LogP contribution in [0.15, 0.2) is 29.0 Å². The number of anilines is 1. The van der Waals surface area contributed by atoms with Gasteiger partial charge in [0.25, 0.3) is 0 Å². The molecule has 1 fully saturated rings. The van der Waals surface area contributed by atoms with Crippen LogP contribution in [0.2, 0.25) is 0 Å². The van der Waals surface area contributed by atoms with Crippen molar-refractivity contribution in [3.8, 4) is 11.5 Å². The molecule has 110 valence electrons. The largest absolute Gasteiger partial charge is 0.498 e. The van der Waals surface area contributed by atoms with Crippen molar-refractivity contribution in [2.75, 3.05) is 5.73 Å². The second-order valence-electron chi connectivity index (χ2n) is 6.10. The average Bonchev–Trinajstić information content (AvgIpc) is 2.96. The number of nitrogens with zero attached hydrogens (tertiary/aromatic N) is 2. The topological polar surface area (TPSA) is 83.4 Å². The monoisotopic (exact) mass is 287 g/mol. The number of nitrogens with two attached hydrogens (primary N) is 1. The summed E-state index contributed by atoms with van der Waals surface area (Å²) in [5.41, 5.74) is 6.13. The molecule has 2 aromatic heterocycles. The first-order valence-electron chi connectivity index (χ1n) is 6.82. The van der Waals surface area contributed by atoms with E-state index < -0.39 is 18.3 Å². The number of furan rings is 1. The highest BCUT2D eigenvalue weighted by Gasteiger charge is 2.52. The van der Waals surface area contributed by atoms with Crippen LogP contribution >= 0.6 is 0 Å². The van der Waals surface area contributed by atoms with Gasteiger partial charge in [0, 0.05) is 11.7 Å². The summed E-state index contributed by atoms with van der Waals surface area (Å²) in [6.07, 6.45) is 3.21. The first kappa shape index (κ1) is 14.1. The molecular weight excluding hydrogens is 269 g/mol. The molecule has 2 aromatic rings. The molecule has 0 saturated carbocycles. The van der Waals surface area contributed by atoms with Crippen LogP contribution in [0, 0.1) is 0 Å². The molecule has 1 saturated heterocycles. The number of hydrogen-bond donors (Lipinski definition) is 1. The van der Waals surface area contributed by atoms with Crippen LogP contribution in [0.25, 0.3) is 11.5 Å². The normalized spacial score (nSPS) is 19.9. The highest BCUT2D eigenvalue weighted by molar-refractivity contribution is 6.63. The molecule has 0 aromatic carbocycles. The van der Waals surface area contributed by atoms with Crippen LogP contribution in [-0.4, -0.2) is 28.3 Å². The van der Waals surface area contributed by atoms with Crippen molar-refractivity contribution in [2.24, 2.45) is 0 Å². The van der Waals surface area contributed by atoms with E-state index in [0.717, 1.165) is 0 Å². The second-order valence-corrected chi connectivity index (χ2v) is 6.10. The molecule has 0 amide bonds. The van der Waals surface area contributed by atoms with E-state index in [0.29, 0.717) is 16.9 Å². The Morgan fingerprint density at radius 3 is 2.38 bits per heavy atom. The molecule has 6 nitrogen and oxygen atoms in total. The number of hydrogen-bond acceptors (Lipinski definition) is 6. The molecule has 0 radical (unpaired) electrons. The number of aromatic nitrogens is 2. The summed E-state index contributed by atoms with van der Waals surface area (Å²) in [5.74, 6) is 0.787. The summed E-state index contributed by atoms with van der Waals surface area (Å²) in [4.78, 5) is 8.32. The molecule has 0 unspecified atom stereocenters. The zero-order valence-corrected chi connectivity index (χ0v) is 12.6. The van der Waals surface area contributed by atoms with Crippen molar-refractivity contribution in [1.29, 1.82) is 0 Å². The smallest absolute Gasteiger partial charge is 0.463 e. The quantitative estimate of drug-likeness (QED) is 0.845. The Morgan fingerprint density at radius 1 is 1.14 bits per heavy atom. The van der Waals surface area contributed by atoms with Crippen LogP contribution < -0.4 is 11.2 Å². The molecule has 0 spiro atoms. The van der Waals surface area contributed by atoms with Crippen molar-refractivity contribution in [2.45, 2.75) is 38.9 Å². The van der Waals surface area contributed by atoms with Gasteiger partial charge in [-0.2, -0.15) is 0 Å². The zero-order valence-electron chi connectivity index (χ0n) is 12.6. The lowest BCUT2D eigenvalue weighted by Gasteiger charge is -2.32. The Kier molecular flexibility index (Phi) is 3.07. The Morgan fingerprint density at radius 2 is 1.81 bits per heavy atom. The van der Waals surface area contributed by atoms with Crippen LogP contribution in [0.3, 0.4) is 0 Å². The van der Waals surface area contributed by atoms with E-state index in [2.05, 4.69) is 9.97 Å². The molecule has 3 heterocycles. The van der Waals surface area contributed by atoms with Gasteiger partial charge >= 0.3 is 7.12 Å². The van der Waals surface area contributed by atoms with Gasteiger partial charge in [-0.3, -0.25) is 0 Å². The van der Waals surface area contributed by atoms with Gasteiger partial charge in [0.05, 0.1) is 17.5 Å². The predicted molar refractivity (Wildman–Crippen MR) is 79.9 cm³/mol. The maximum atomic E-state index is 6.04. The van der Waals surface area contributed by atoms with E-state index in [9.17, 15) is 0 Å². The molecule has 0 aliphatic carbocycles. The average molecular weight is 287 g/mol. The van der Waals surface area contributed by atoms with Crippen molar-refractivity contribution in [3.63, 3.8) is 0 Å². The summed E-state index contributed by atoms with van der Waals surface area (Å²) in [7, 11) is -0.560. The van der Waals surface area contributed by atoms with E-state index in [-0.39, 0.29) is 5.95 Å². The third-order valence-electron chi connectivity index (χ3n) is 4.10. The molecule has 1 aliphatic heterocycles. The zero-order chi connectivity index (χ0) is 15.3. The second kappa shape index (κ2) is 4.57. The minimum atomic E-state index is -0.560. The highest BCUT2D eigenvalue weighted by atomic mass is 16.7. The molecule has 7 heteroatoms. The molecule has 0 bridgehead atoms. The van der Waals surface area contributed by atoms with Gasteiger partial charge < -0.3 is 19.5 Å². The molecular formula is C14H18BN3O3. The van der Waals surface area contributed by atoms with E-state index in [1.165, 1.54) is 0 Å². The van der Waals surface area contributed by atoms with Crippen molar-refractivity contribution in [1.82, 2.24) is 9.97 Å². The number of nitrogen functional groups attached to an aromatic ring is 1. The number of rotatable bonds is 2. The van der Waals surface area contributed by atoms with Gasteiger partial charge in [-0.05, 0) is 39.8 Å². The fraction of sp³-hybridized carbons (Fsp3) is 0.429. The first-order valence-corrected chi connectivity index (χ1v) is 6.82. The summed E-state index contributed by atoms with van der Waals surface area (Å²) in [6, 6.07) is 3.61. The minimum absolute atomic E-state index is 0.182. The van der Waals surface area contributed by atoms with Crippen LogP contribution in [0.4, 0.5) is 5.95 Å². The SMILES string of the molecule is CC1(C)OB(c2cnc(N)nc2-c2ccco2)OC1(C)C. The Labute approximate surface area is 123 Å².